The molecule has 0 spiro atoms. The number of nitrogens with one attached hydrogen (secondary N) is 1. The lowest BCUT2D eigenvalue weighted by Gasteiger charge is -2.14. The summed E-state index contributed by atoms with van der Waals surface area (Å²) in [6, 6.07) is 0. The van der Waals surface area contributed by atoms with Crippen molar-refractivity contribution in [2.75, 3.05) is 18.5 Å². The Morgan fingerprint density at radius 2 is 1.78 bits per heavy atom. The Morgan fingerprint density at radius 3 is 2.33 bits per heavy atom. The average Bonchev–Trinajstić information content (AvgIpc) is 3.04. The van der Waals surface area contributed by atoms with Crippen molar-refractivity contribution in [1.29, 1.82) is 0 Å². The fraction of sp³-hybridized carbons (Fsp3) is 0.474. The third-order valence-corrected chi connectivity index (χ3v) is 6.14. The molecule has 0 aromatic carbocycles. The number of thiophene rings is 1. The Kier molecular flexibility index (Phi) is 5.46. The number of rotatable bonds is 5. The smallest absolute Gasteiger partial charge is 0.341 e. The third-order valence-electron chi connectivity index (χ3n) is 5.02. The summed E-state index contributed by atoms with van der Waals surface area (Å²) in [7, 11) is 0. The van der Waals surface area contributed by atoms with Gasteiger partial charge in [-0.1, -0.05) is 12.2 Å². The van der Waals surface area contributed by atoms with Crippen LogP contribution in [0.25, 0.3) is 0 Å². The van der Waals surface area contributed by atoms with Gasteiger partial charge in [0.1, 0.15) is 11.5 Å². The van der Waals surface area contributed by atoms with E-state index in [1.807, 2.05) is 19.1 Å². The minimum atomic E-state index is -0.505. The Bertz CT molecular complexity index is 815. The molecule has 144 valence electrons. The van der Waals surface area contributed by atoms with Crippen LogP contribution in [0.5, 0.6) is 0 Å². The average molecular weight is 390 g/mol. The summed E-state index contributed by atoms with van der Waals surface area (Å²) < 4.78 is 5.07. The molecule has 2 heterocycles. The van der Waals surface area contributed by atoms with E-state index in [0.717, 1.165) is 15.3 Å². The van der Waals surface area contributed by atoms with Gasteiger partial charge < -0.3 is 10.1 Å². The van der Waals surface area contributed by atoms with Crippen LogP contribution in [0.3, 0.4) is 0 Å². The SMILES string of the molecule is CCOC(=O)c1c(NC(=O)CN2C(=O)[C@H]3CC=CC[C@@H]3C2=O)sc(C)c1C. The van der Waals surface area contributed by atoms with E-state index in [1.165, 1.54) is 11.3 Å². The van der Waals surface area contributed by atoms with Gasteiger partial charge >= 0.3 is 5.97 Å². The van der Waals surface area contributed by atoms with Crippen LogP contribution in [-0.4, -0.2) is 41.7 Å². The maximum Gasteiger partial charge on any atom is 0.341 e. The van der Waals surface area contributed by atoms with E-state index in [-0.39, 0.29) is 36.8 Å². The second-order valence-corrected chi connectivity index (χ2v) is 7.90. The molecule has 27 heavy (non-hydrogen) atoms. The van der Waals surface area contributed by atoms with Gasteiger partial charge in [-0.2, -0.15) is 0 Å². The van der Waals surface area contributed by atoms with Gasteiger partial charge in [-0.15, -0.1) is 11.3 Å². The molecule has 3 rings (SSSR count). The molecule has 2 atom stereocenters. The van der Waals surface area contributed by atoms with Crippen molar-refractivity contribution in [2.45, 2.75) is 33.6 Å². The van der Waals surface area contributed by atoms with Gasteiger partial charge in [-0.3, -0.25) is 19.3 Å². The summed E-state index contributed by atoms with van der Waals surface area (Å²) in [5.74, 6) is -2.33. The summed E-state index contributed by atoms with van der Waals surface area (Å²) in [4.78, 5) is 51.6. The molecule has 0 bridgehead atoms. The number of amides is 3. The molecule has 1 fully saturated rings. The number of aryl methyl sites for hydroxylation is 1. The maximum atomic E-state index is 12.5. The normalized spacial score (nSPS) is 21.4. The number of carbonyl (C=O) groups is 4. The Morgan fingerprint density at radius 1 is 1.19 bits per heavy atom. The number of anilines is 1. The first-order valence-corrected chi connectivity index (χ1v) is 9.74. The summed E-state index contributed by atoms with van der Waals surface area (Å²) in [6.45, 7) is 5.24. The molecule has 0 saturated carbocycles. The van der Waals surface area contributed by atoms with Crippen LogP contribution in [0.15, 0.2) is 12.2 Å². The van der Waals surface area contributed by atoms with E-state index in [2.05, 4.69) is 5.32 Å². The fourth-order valence-electron chi connectivity index (χ4n) is 3.50. The lowest BCUT2D eigenvalue weighted by molar-refractivity contribution is -0.142. The second-order valence-electron chi connectivity index (χ2n) is 6.67. The van der Waals surface area contributed by atoms with E-state index < -0.39 is 11.9 Å². The lowest BCUT2D eigenvalue weighted by atomic mass is 9.85. The molecule has 1 saturated heterocycles. The van der Waals surface area contributed by atoms with E-state index in [9.17, 15) is 19.2 Å². The van der Waals surface area contributed by atoms with Gasteiger partial charge in [0.15, 0.2) is 0 Å². The van der Waals surface area contributed by atoms with E-state index in [4.69, 9.17) is 4.74 Å². The number of esters is 1. The highest BCUT2D eigenvalue weighted by Gasteiger charge is 2.47. The van der Waals surface area contributed by atoms with Gasteiger partial charge in [0.05, 0.1) is 24.0 Å². The topological polar surface area (TPSA) is 92.8 Å². The summed E-state index contributed by atoms with van der Waals surface area (Å²) >= 11 is 1.27. The van der Waals surface area contributed by atoms with Gasteiger partial charge in [-0.05, 0) is 39.2 Å². The van der Waals surface area contributed by atoms with Gasteiger partial charge in [0.25, 0.3) is 0 Å². The second kappa shape index (κ2) is 7.64. The number of likely N-dealkylation sites (tertiary alicyclic amines) is 1. The van der Waals surface area contributed by atoms with Crippen LogP contribution in [0.4, 0.5) is 5.00 Å². The van der Waals surface area contributed by atoms with Crippen molar-refractivity contribution in [3.05, 3.63) is 28.2 Å². The molecule has 0 unspecified atom stereocenters. The predicted molar refractivity (Wildman–Crippen MR) is 100 cm³/mol. The molecule has 1 aliphatic heterocycles. The molecule has 7 nitrogen and oxygen atoms in total. The molecule has 1 aliphatic carbocycles. The standard InChI is InChI=1S/C19H22N2O5S/c1-4-26-19(25)15-10(2)11(3)27-16(15)20-14(22)9-21-17(23)12-7-5-6-8-13(12)18(21)24/h5-6,12-13H,4,7-9H2,1-3H3,(H,20,22)/t12-,13-/m0/s1. The van der Waals surface area contributed by atoms with E-state index >= 15 is 0 Å². The summed E-state index contributed by atoms with van der Waals surface area (Å²) in [5.41, 5.74) is 1.07. The Balaban J connectivity index is 1.74. The molecule has 8 heteroatoms. The highest BCUT2D eigenvalue weighted by molar-refractivity contribution is 7.16. The first-order valence-electron chi connectivity index (χ1n) is 8.92. The van der Waals surface area contributed by atoms with E-state index in [0.29, 0.717) is 23.4 Å². The minimum absolute atomic E-state index is 0.230. The van der Waals surface area contributed by atoms with Gasteiger partial charge in [-0.25, -0.2) is 4.79 Å². The lowest BCUT2D eigenvalue weighted by Crippen LogP contribution is -2.38. The van der Waals surface area contributed by atoms with Gasteiger partial charge in [0.2, 0.25) is 17.7 Å². The molecule has 2 aliphatic rings. The number of carbonyl (C=O) groups excluding carboxylic acids is 4. The Labute approximate surface area is 161 Å². The number of fused-ring (bicyclic) bond motifs is 1. The van der Waals surface area contributed by atoms with Crippen molar-refractivity contribution >= 4 is 40.0 Å². The molecule has 1 aromatic heterocycles. The Hall–Kier alpha value is -2.48. The quantitative estimate of drug-likeness (QED) is 0.474. The fourth-order valence-corrected chi connectivity index (χ4v) is 4.56. The third kappa shape index (κ3) is 3.53. The van der Waals surface area contributed by atoms with Crippen LogP contribution in [0, 0.1) is 25.7 Å². The number of nitrogens with zero attached hydrogens (tertiary/aromatic N) is 1. The predicted octanol–water partition coefficient (Wildman–Crippen LogP) is 2.43. The molecular weight excluding hydrogens is 368 g/mol. The zero-order chi connectivity index (χ0) is 19.7. The molecule has 1 N–H and O–H groups in total. The van der Waals surface area contributed by atoms with Crippen LogP contribution in [-0.2, 0) is 19.1 Å². The minimum Gasteiger partial charge on any atom is -0.462 e. The van der Waals surface area contributed by atoms with Crippen LogP contribution in [0.1, 0.15) is 40.6 Å². The first-order chi connectivity index (χ1) is 12.8. The zero-order valence-electron chi connectivity index (χ0n) is 15.5. The van der Waals surface area contributed by atoms with E-state index in [1.54, 1.807) is 13.8 Å². The monoisotopic (exact) mass is 390 g/mol. The van der Waals surface area contributed by atoms with Crippen LogP contribution < -0.4 is 5.32 Å². The molecule has 0 radical (unpaired) electrons. The van der Waals surface area contributed by atoms with Crippen molar-refractivity contribution < 1.29 is 23.9 Å². The van der Waals surface area contributed by atoms with Crippen molar-refractivity contribution in [3.8, 4) is 0 Å². The number of ether oxygens (including phenoxy) is 1. The van der Waals surface area contributed by atoms with Crippen LogP contribution >= 0.6 is 11.3 Å². The molecule has 3 amide bonds. The maximum absolute atomic E-state index is 12.5. The molecule has 1 aromatic rings. The largest absolute Gasteiger partial charge is 0.462 e. The highest BCUT2D eigenvalue weighted by atomic mass is 32.1. The van der Waals surface area contributed by atoms with Crippen LogP contribution in [0.2, 0.25) is 0 Å². The van der Waals surface area contributed by atoms with Crippen molar-refractivity contribution in [2.24, 2.45) is 11.8 Å². The summed E-state index contributed by atoms with van der Waals surface area (Å²) in [5, 5.41) is 3.06. The highest BCUT2D eigenvalue weighted by Crippen LogP contribution is 2.36. The number of hydrogen-bond acceptors (Lipinski definition) is 6. The number of allylic oxidation sites excluding steroid dienone is 2. The molecular formula is C19H22N2O5S. The van der Waals surface area contributed by atoms with Gasteiger partial charge in [0, 0.05) is 4.88 Å². The van der Waals surface area contributed by atoms with Crippen molar-refractivity contribution in [1.82, 2.24) is 4.90 Å². The first kappa shape index (κ1) is 19.3. The summed E-state index contributed by atoms with van der Waals surface area (Å²) in [6.07, 6.45) is 4.87. The number of hydrogen-bond donors (Lipinski definition) is 1. The number of imide groups is 1. The van der Waals surface area contributed by atoms with Crippen molar-refractivity contribution in [3.63, 3.8) is 0 Å². The zero-order valence-corrected chi connectivity index (χ0v) is 16.4.